The van der Waals surface area contributed by atoms with E-state index in [1.165, 1.54) is 12.1 Å². The number of carbonyl (C=O) groups is 2. The van der Waals surface area contributed by atoms with Crippen LogP contribution in [-0.4, -0.2) is 38.5 Å². The minimum Gasteiger partial charge on any atom is -0.508 e. The summed E-state index contributed by atoms with van der Waals surface area (Å²) in [7, 11) is 0. The molecule has 0 amide bonds. The molecule has 6 nitrogen and oxygen atoms in total. The molecular formula is C21H26O6. The van der Waals surface area contributed by atoms with Gasteiger partial charge in [-0.15, -0.1) is 0 Å². The highest BCUT2D eigenvalue weighted by molar-refractivity contribution is 5.94. The summed E-state index contributed by atoms with van der Waals surface area (Å²) in [5.74, 6) is -1.94. The molecule has 0 aromatic heterocycles. The highest BCUT2D eigenvalue weighted by atomic mass is 16.4. The van der Waals surface area contributed by atoms with Crippen LogP contribution in [-0.2, 0) is 6.42 Å². The quantitative estimate of drug-likeness (QED) is 0.585. The average Bonchev–Trinajstić information content (AvgIpc) is 2.62. The minimum absolute atomic E-state index is 0.0111. The van der Waals surface area contributed by atoms with Crippen LogP contribution in [0, 0.1) is 6.92 Å². The van der Waals surface area contributed by atoms with E-state index in [-0.39, 0.29) is 17.2 Å². The van der Waals surface area contributed by atoms with Crippen LogP contribution in [0.1, 0.15) is 58.0 Å². The van der Waals surface area contributed by atoms with Crippen LogP contribution in [0.5, 0.6) is 5.75 Å². The first-order chi connectivity index (χ1) is 12.7. The second-order valence-corrected chi connectivity index (χ2v) is 6.29. The van der Waals surface area contributed by atoms with Crippen molar-refractivity contribution in [2.24, 2.45) is 0 Å². The molecule has 0 radical (unpaired) electrons. The molecule has 0 saturated heterocycles. The summed E-state index contributed by atoms with van der Waals surface area (Å²) in [6, 6.07) is 11.2. The third kappa shape index (κ3) is 7.92. The number of rotatable bonds is 7. The molecule has 1 atom stereocenters. The molecule has 0 spiro atoms. The molecule has 4 N–H and O–H groups in total. The number of carboxylic acids is 2. The topological polar surface area (TPSA) is 115 Å². The lowest BCUT2D eigenvalue weighted by molar-refractivity contribution is 0.0695. The Balaban J connectivity index is 0.000000271. The number of hydrogen-bond donors (Lipinski definition) is 4. The van der Waals surface area contributed by atoms with Crippen molar-refractivity contribution in [3.8, 4) is 5.75 Å². The predicted octanol–water partition coefficient (Wildman–Crippen LogP) is 3.88. The van der Waals surface area contributed by atoms with Gasteiger partial charge in [-0.1, -0.05) is 31.5 Å². The van der Waals surface area contributed by atoms with Crippen molar-refractivity contribution in [1.29, 1.82) is 0 Å². The maximum Gasteiger partial charge on any atom is 0.335 e. The molecule has 0 aliphatic rings. The number of phenolic OH excluding ortho intramolecular Hbond substituents is 1. The lowest BCUT2D eigenvalue weighted by Gasteiger charge is -2.08. The molecule has 0 saturated carbocycles. The first-order valence-electron chi connectivity index (χ1n) is 8.77. The second-order valence-electron chi connectivity index (χ2n) is 6.29. The Morgan fingerprint density at radius 2 is 1.59 bits per heavy atom. The largest absolute Gasteiger partial charge is 0.508 e. The van der Waals surface area contributed by atoms with E-state index in [0.29, 0.717) is 11.3 Å². The van der Waals surface area contributed by atoms with Gasteiger partial charge in [0.05, 0.1) is 17.2 Å². The van der Waals surface area contributed by atoms with E-state index in [0.717, 1.165) is 37.3 Å². The lowest BCUT2D eigenvalue weighted by atomic mass is 10.0. The third-order valence-corrected chi connectivity index (χ3v) is 4.04. The van der Waals surface area contributed by atoms with Gasteiger partial charge in [-0.25, -0.2) is 9.59 Å². The molecule has 2 aromatic rings. The molecule has 0 bridgehead atoms. The van der Waals surface area contributed by atoms with Crippen LogP contribution in [0.2, 0.25) is 0 Å². The fourth-order valence-electron chi connectivity index (χ4n) is 2.46. The van der Waals surface area contributed by atoms with Crippen LogP contribution in [0.25, 0.3) is 0 Å². The van der Waals surface area contributed by atoms with Gasteiger partial charge in [0.2, 0.25) is 0 Å². The Hall–Kier alpha value is -2.86. The molecule has 1 unspecified atom stereocenters. The maximum absolute atomic E-state index is 10.6. The van der Waals surface area contributed by atoms with E-state index in [2.05, 4.69) is 6.92 Å². The lowest BCUT2D eigenvalue weighted by Crippen LogP contribution is -2.06. The number of carboxylic acid groups (broad SMARTS) is 2. The summed E-state index contributed by atoms with van der Waals surface area (Å²) < 4.78 is 0. The van der Waals surface area contributed by atoms with Gasteiger partial charge < -0.3 is 20.4 Å². The van der Waals surface area contributed by atoms with Crippen molar-refractivity contribution in [1.82, 2.24) is 0 Å². The first-order valence-corrected chi connectivity index (χ1v) is 8.77. The Kier molecular flexibility index (Phi) is 9.02. The Morgan fingerprint density at radius 1 is 0.963 bits per heavy atom. The van der Waals surface area contributed by atoms with Crippen molar-refractivity contribution in [2.45, 2.75) is 45.6 Å². The normalized spacial score (nSPS) is 11.2. The Morgan fingerprint density at radius 3 is 2.11 bits per heavy atom. The van der Waals surface area contributed by atoms with Crippen LogP contribution in [0.4, 0.5) is 0 Å². The molecule has 146 valence electrons. The van der Waals surface area contributed by atoms with Gasteiger partial charge in [0.25, 0.3) is 0 Å². The first kappa shape index (κ1) is 22.2. The summed E-state index contributed by atoms with van der Waals surface area (Å²) in [6.07, 6.45) is 3.39. The van der Waals surface area contributed by atoms with Gasteiger partial charge in [-0.3, -0.25) is 0 Å². The number of aromatic carboxylic acids is 2. The predicted molar refractivity (Wildman–Crippen MR) is 102 cm³/mol. The molecule has 0 aliphatic carbocycles. The van der Waals surface area contributed by atoms with E-state index >= 15 is 0 Å². The smallest absolute Gasteiger partial charge is 0.335 e. The van der Waals surface area contributed by atoms with Crippen LogP contribution >= 0.6 is 0 Å². The van der Waals surface area contributed by atoms with Crippen molar-refractivity contribution >= 4 is 11.9 Å². The van der Waals surface area contributed by atoms with E-state index in [4.69, 9.17) is 15.3 Å². The highest BCUT2D eigenvalue weighted by Gasteiger charge is 2.10. The highest BCUT2D eigenvalue weighted by Crippen LogP contribution is 2.13. The number of aryl methyl sites for hydroxylation is 2. The van der Waals surface area contributed by atoms with Gasteiger partial charge in [0.15, 0.2) is 0 Å². The molecule has 2 aromatic carbocycles. The van der Waals surface area contributed by atoms with Crippen molar-refractivity contribution in [2.75, 3.05) is 0 Å². The maximum atomic E-state index is 10.6. The van der Waals surface area contributed by atoms with Gasteiger partial charge in [0.1, 0.15) is 5.75 Å². The van der Waals surface area contributed by atoms with Gasteiger partial charge in [0, 0.05) is 0 Å². The number of aliphatic hydroxyl groups is 1. The number of phenols is 1. The molecule has 0 fully saturated rings. The number of hydrogen-bond acceptors (Lipinski definition) is 4. The zero-order valence-electron chi connectivity index (χ0n) is 15.6. The molecule has 0 aliphatic heterocycles. The standard InChI is InChI=1S/C12H18O2.C9H8O4/c1-2-3-11(13)7-4-10-5-8-12(14)9-6-10;1-5-2-3-6(8(10)11)4-7(5)9(12)13/h5-6,8-9,11,13-14H,2-4,7H2,1H3;2-4H,1H3,(H,10,11)(H,12,13). The van der Waals surface area contributed by atoms with Crippen molar-refractivity contribution in [3.05, 3.63) is 64.7 Å². The van der Waals surface area contributed by atoms with Crippen LogP contribution < -0.4 is 0 Å². The zero-order valence-corrected chi connectivity index (χ0v) is 15.6. The molecule has 27 heavy (non-hydrogen) atoms. The zero-order chi connectivity index (χ0) is 20.4. The van der Waals surface area contributed by atoms with E-state index < -0.39 is 11.9 Å². The average molecular weight is 374 g/mol. The van der Waals surface area contributed by atoms with Crippen LogP contribution in [0.15, 0.2) is 42.5 Å². The van der Waals surface area contributed by atoms with Crippen molar-refractivity contribution in [3.63, 3.8) is 0 Å². The number of aliphatic hydroxyl groups excluding tert-OH is 1. The Bertz CT molecular complexity index is 752. The molecule has 2 rings (SSSR count). The number of benzene rings is 2. The SMILES string of the molecule is CCCC(O)CCc1ccc(O)cc1.Cc1ccc(C(=O)O)cc1C(=O)O. The van der Waals surface area contributed by atoms with E-state index in [1.807, 2.05) is 12.1 Å². The summed E-state index contributed by atoms with van der Waals surface area (Å²) in [6.45, 7) is 3.69. The molecule has 0 heterocycles. The second kappa shape index (κ2) is 11.0. The van der Waals surface area contributed by atoms with Gasteiger partial charge in [-0.05, 0) is 61.6 Å². The van der Waals surface area contributed by atoms with Gasteiger partial charge in [-0.2, -0.15) is 0 Å². The van der Waals surface area contributed by atoms with E-state index in [1.54, 1.807) is 19.1 Å². The monoisotopic (exact) mass is 374 g/mol. The summed E-state index contributed by atoms with van der Waals surface area (Å²) in [4.78, 5) is 21.1. The van der Waals surface area contributed by atoms with E-state index in [9.17, 15) is 14.7 Å². The Labute approximate surface area is 158 Å². The third-order valence-electron chi connectivity index (χ3n) is 4.04. The summed E-state index contributed by atoms with van der Waals surface area (Å²) >= 11 is 0. The summed E-state index contributed by atoms with van der Waals surface area (Å²) in [5, 5.41) is 35.9. The molecule has 6 heteroatoms. The number of aromatic hydroxyl groups is 1. The van der Waals surface area contributed by atoms with Gasteiger partial charge >= 0.3 is 11.9 Å². The van der Waals surface area contributed by atoms with Crippen molar-refractivity contribution < 1.29 is 30.0 Å². The minimum atomic E-state index is -1.12. The fourth-order valence-corrected chi connectivity index (χ4v) is 2.46. The van der Waals surface area contributed by atoms with Crippen LogP contribution in [0.3, 0.4) is 0 Å². The molecular weight excluding hydrogens is 348 g/mol. The summed E-state index contributed by atoms with van der Waals surface area (Å²) in [5.41, 5.74) is 1.73. The fraction of sp³-hybridized carbons (Fsp3) is 0.333.